The van der Waals surface area contributed by atoms with E-state index in [1.165, 1.54) is 30.1 Å². The van der Waals surface area contributed by atoms with Gasteiger partial charge in [-0.25, -0.2) is 9.44 Å². The van der Waals surface area contributed by atoms with Gasteiger partial charge in [0, 0.05) is 48.8 Å². The van der Waals surface area contributed by atoms with Crippen molar-refractivity contribution in [2.24, 2.45) is 45.3 Å². The Balaban J connectivity index is 0.000000212. The van der Waals surface area contributed by atoms with Crippen LogP contribution in [0.15, 0.2) is 61.4 Å². The second kappa shape index (κ2) is 32.1. The largest absolute Gasteiger partial charge is 0.495 e. The Bertz CT molecular complexity index is 4280. The number of likely N-dealkylation sites (tertiary alicyclic amines) is 2. The molecule has 0 radical (unpaired) electrons. The van der Waals surface area contributed by atoms with Crippen molar-refractivity contribution in [2.75, 3.05) is 27.3 Å². The zero-order chi connectivity index (χ0) is 76.6. The molecule has 6 saturated carbocycles. The van der Waals surface area contributed by atoms with Gasteiger partial charge >= 0.3 is 32.5 Å². The summed E-state index contributed by atoms with van der Waals surface area (Å²) >= 11 is 13.1. The van der Waals surface area contributed by atoms with E-state index in [2.05, 4.69) is 21.3 Å². The first-order valence-electron chi connectivity index (χ1n) is 36.8. The molecule has 8 fully saturated rings. The van der Waals surface area contributed by atoms with Crippen molar-refractivity contribution in [3.05, 3.63) is 71.5 Å². The van der Waals surface area contributed by atoms with E-state index in [-0.39, 0.29) is 87.9 Å². The summed E-state index contributed by atoms with van der Waals surface area (Å²) in [6.45, 7) is 16.9. The number of amides is 4. The number of hydrogen-bond donors (Lipinski definition) is 2. The zero-order valence-corrected chi connectivity index (χ0v) is 64.8. The predicted octanol–water partition coefficient (Wildman–Crippen LogP) is 11.2. The molecule has 10 atom stereocenters. The van der Waals surface area contributed by atoms with Crippen LogP contribution in [0.2, 0.25) is 10.0 Å². The van der Waals surface area contributed by atoms with E-state index in [1.807, 2.05) is 53.2 Å². The van der Waals surface area contributed by atoms with Gasteiger partial charge in [-0.3, -0.25) is 56.7 Å². The minimum absolute atomic E-state index is 0.0148. The third kappa shape index (κ3) is 18.5. The Morgan fingerprint density at radius 3 is 1.31 bits per heavy atom. The number of allylic oxidation sites excluding steroid dienone is 1. The number of hydrogen-bond acceptors (Lipinski definition) is 22. The topological polar surface area (TPSA) is 335 Å². The molecule has 2 aliphatic heterocycles. The number of nitrogens with zero attached hydrogens (tertiary/aromatic N) is 4. The van der Waals surface area contributed by atoms with Crippen LogP contribution in [0.4, 0.5) is 0 Å². The molecule has 0 bridgehead atoms. The molecule has 6 aliphatic carbocycles. The van der Waals surface area contributed by atoms with Crippen molar-refractivity contribution >= 4 is 113 Å². The summed E-state index contributed by atoms with van der Waals surface area (Å²) in [5, 5.41) is 1.83. The first-order chi connectivity index (χ1) is 50.1. The predicted molar refractivity (Wildman–Crippen MR) is 391 cm³/mol. The lowest BCUT2D eigenvalue weighted by Gasteiger charge is -2.35. The zero-order valence-electron chi connectivity index (χ0n) is 61.6. The summed E-state index contributed by atoms with van der Waals surface area (Å²) in [7, 11) is -5.73. The van der Waals surface area contributed by atoms with E-state index >= 15 is 0 Å². The molecule has 2 aromatic heterocycles. The molecule has 4 heterocycles. The Morgan fingerprint density at radius 1 is 0.566 bits per heavy atom. The molecule has 2 aromatic carbocycles. The Labute approximate surface area is 629 Å². The van der Waals surface area contributed by atoms with Crippen molar-refractivity contribution in [3.8, 4) is 23.0 Å². The van der Waals surface area contributed by atoms with Crippen LogP contribution in [0.25, 0.3) is 21.8 Å². The fourth-order valence-corrected chi connectivity index (χ4v) is 18.1. The van der Waals surface area contributed by atoms with Crippen molar-refractivity contribution in [1.29, 1.82) is 0 Å². The van der Waals surface area contributed by atoms with Crippen molar-refractivity contribution in [2.45, 2.75) is 232 Å². The number of esters is 2. The summed E-state index contributed by atoms with van der Waals surface area (Å²) in [5.41, 5.74) is -3.08. The highest BCUT2D eigenvalue weighted by atomic mass is 35.5. The van der Waals surface area contributed by atoms with Gasteiger partial charge in [-0.05, 0) is 149 Å². The van der Waals surface area contributed by atoms with Crippen molar-refractivity contribution < 1.29 is 92.0 Å². The highest BCUT2D eigenvalue weighted by Gasteiger charge is 2.63. The van der Waals surface area contributed by atoms with Gasteiger partial charge < -0.3 is 38.2 Å². The minimum Gasteiger partial charge on any atom is -0.495 e. The number of rotatable bonds is 30. The molecule has 4 aromatic rings. The summed E-state index contributed by atoms with van der Waals surface area (Å²) in [6, 6.07) is 8.26. The monoisotopic (exact) mass is 1550 g/mol. The van der Waals surface area contributed by atoms with Crippen LogP contribution in [-0.4, -0.2) is 160 Å². The summed E-state index contributed by atoms with van der Waals surface area (Å²) in [4.78, 5) is 123. The smallest absolute Gasteiger partial charge is 0.362 e. The number of halogens is 2. The van der Waals surface area contributed by atoms with E-state index in [9.17, 15) is 55.2 Å². The second-order valence-electron chi connectivity index (χ2n) is 31.9. The molecule has 8 aliphatic rings. The van der Waals surface area contributed by atoms with E-state index in [0.717, 1.165) is 51.4 Å². The van der Waals surface area contributed by atoms with Crippen LogP contribution < -0.4 is 28.4 Å². The van der Waals surface area contributed by atoms with E-state index in [1.54, 1.807) is 48.8 Å². The van der Waals surface area contributed by atoms with Gasteiger partial charge in [-0.1, -0.05) is 84.2 Å². The Morgan fingerprint density at radius 2 is 0.962 bits per heavy atom. The van der Waals surface area contributed by atoms with Crippen LogP contribution in [0.3, 0.4) is 0 Å². The molecule has 4 amide bonds. The molecular formula is C76H98Cl2N6O20S2. The number of carbonyl (C=O) groups excluding carboxylic acids is 8. The number of fused-ring (bicyclic) bond motifs is 2. The number of benzene rings is 2. The quantitative estimate of drug-likeness (QED) is 0.0362. The van der Waals surface area contributed by atoms with Gasteiger partial charge in [0.05, 0.1) is 98.1 Å². The van der Waals surface area contributed by atoms with Crippen LogP contribution >= 0.6 is 23.2 Å². The molecule has 30 heteroatoms. The fourth-order valence-electron chi connectivity index (χ4n) is 15.5. The minimum atomic E-state index is -4.38. The molecule has 2 saturated heterocycles. The first kappa shape index (κ1) is 79.8. The van der Waals surface area contributed by atoms with Gasteiger partial charge in [-0.15, -0.1) is 6.58 Å². The number of ether oxygens (including phenoxy) is 6. The Kier molecular flexibility index (Phi) is 24.2. The van der Waals surface area contributed by atoms with Crippen LogP contribution in [0, 0.1) is 45.3 Å². The van der Waals surface area contributed by atoms with E-state index in [0.29, 0.717) is 93.4 Å². The highest BCUT2D eigenvalue weighted by molar-refractivity contribution is 7.85. The summed E-state index contributed by atoms with van der Waals surface area (Å²) in [6.07, 6.45) is 11.9. The maximum Gasteiger partial charge on any atom is 0.362 e. The average molecular weight is 1550 g/mol. The SMILES string of the molecule is C=C[C@@H]1C[C@]1(CC(=O)[C@@H]1C[C@@H](Oc2ccnc3c(Cl)c(OC)ccc23)CN1C(=O)[C@@H](CC(=O)OC1CCCC1)C(C)(C)C)C(=O)NS(=O)(=O)OC1CC1.CC[C@@H]1C[C@]1(CC(=O)[C@@H]1C[C@@H](Oc2ccnc3c(Cl)c(OC)ccc23)CN1C(=O)[C@@H](CC(=O)OC1CCCC1)C(C)(C)C)C(=O)NS(=O)(=O)OC1CC1. The third-order valence-corrected chi connectivity index (χ3v) is 24.7. The standard InChI is InChI=1S/C38H50ClN3O10S.C38H48ClN3O10S/c2*1-6-22-19-38(22,36(46)41-53(47,48)52-24-11-12-24)20-29(43)28-17-25(50-30-15-16-40-34-26(30)13-14-31(49-5)33(34)39)21-42(28)35(45)27(37(2,3)4)18-32(44)51-23-9-7-8-10-23/h13-16,22-25,27-28H,6-12,17-21H2,1-5H3,(H,41,46);6,13-16,22-25,27-28H,1,7-12,17-21H2,2-5H3,(H,41,46)/t2*22-,25-,27-,28+,38-/m11/s1. The highest BCUT2D eigenvalue weighted by Crippen LogP contribution is 2.59. The van der Waals surface area contributed by atoms with E-state index < -0.39 is 132 Å². The summed E-state index contributed by atoms with van der Waals surface area (Å²) in [5.74, 6) is -4.73. The van der Waals surface area contributed by atoms with Crippen LogP contribution in [0.5, 0.6) is 23.0 Å². The molecule has 0 unspecified atom stereocenters. The number of aromatic nitrogens is 2. The lowest BCUT2D eigenvalue weighted by Crippen LogP contribution is -2.48. The van der Waals surface area contributed by atoms with E-state index in [4.69, 9.17) is 60.0 Å². The number of ketones is 2. The van der Waals surface area contributed by atoms with Gasteiger partial charge in [0.1, 0.15) is 57.5 Å². The summed E-state index contributed by atoms with van der Waals surface area (Å²) < 4.78 is 99.7. The Hall–Kier alpha value is -7.24. The first-order valence-corrected chi connectivity index (χ1v) is 40.4. The normalized spacial score (nSPS) is 25.2. The number of nitrogens with one attached hydrogen (secondary N) is 2. The number of methoxy groups -OCH3 is 2. The lowest BCUT2D eigenvalue weighted by atomic mass is 9.77. The maximum absolute atomic E-state index is 14.6. The molecule has 12 rings (SSSR count). The van der Waals surface area contributed by atoms with Crippen LogP contribution in [-0.2, 0) is 76.8 Å². The molecule has 578 valence electrons. The van der Waals surface area contributed by atoms with Crippen molar-refractivity contribution in [1.82, 2.24) is 29.2 Å². The molecule has 26 nitrogen and oxygen atoms in total. The average Bonchev–Trinajstić information content (AvgIpc) is 1.58. The van der Waals surface area contributed by atoms with Gasteiger partial charge in [0.15, 0.2) is 11.6 Å². The van der Waals surface area contributed by atoms with Crippen molar-refractivity contribution in [3.63, 3.8) is 0 Å². The fraction of sp³-hybridized carbons (Fsp3) is 0.632. The van der Waals surface area contributed by atoms with Gasteiger partial charge in [-0.2, -0.15) is 16.8 Å². The van der Waals surface area contributed by atoms with Gasteiger partial charge in [0.25, 0.3) is 0 Å². The lowest BCUT2D eigenvalue weighted by molar-refractivity contribution is -0.156. The van der Waals surface area contributed by atoms with Crippen LogP contribution in [0.1, 0.15) is 183 Å². The van der Waals surface area contributed by atoms with Gasteiger partial charge in [0.2, 0.25) is 23.6 Å². The second-order valence-corrected chi connectivity index (χ2v) is 35.3. The number of pyridine rings is 2. The molecule has 106 heavy (non-hydrogen) atoms. The molecular weight excluding hydrogens is 1450 g/mol. The molecule has 0 spiro atoms. The maximum atomic E-state index is 14.6. The number of Topliss-reactive ketones (excluding diaryl/α,β-unsaturated/α-hetero) is 2. The third-order valence-electron chi connectivity index (χ3n) is 22.1. The number of carbonyl (C=O) groups is 8. The molecule has 2 N–H and O–H groups in total.